The van der Waals surface area contributed by atoms with Gasteiger partial charge in [-0.2, -0.15) is 4.37 Å². The summed E-state index contributed by atoms with van der Waals surface area (Å²) >= 11 is 4.09. The predicted molar refractivity (Wildman–Crippen MR) is 87.1 cm³/mol. The number of aliphatic carboxylic acids is 1. The number of carboxylic acid groups (broad SMARTS) is 1. The van der Waals surface area contributed by atoms with E-state index in [1.54, 1.807) is 6.92 Å². The van der Waals surface area contributed by atoms with Gasteiger partial charge in [0.15, 0.2) is 4.34 Å². The molecular weight excluding hydrogens is 360 g/mol. The number of nitrogens with two attached hydrogens (primary N) is 1. The van der Waals surface area contributed by atoms with Crippen molar-refractivity contribution < 1.29 is 19.4 Å². The lowest BCUT2D eigenvalue weighted by Crippen LogP contribution is -2.78. The number of carboxylic acids is 1. The molecule has 0 aromatic carbocycles. The topological polar surface area (TPSA) is 119 Å². The Morgan fingerprint density at radius 2 is 2.39 bits per heavy atom. The fourth-order valence-electron chi connectivity index (χ4n) is 2.40. The Kier molecular flexibility index (Phi) is 4.40. The molecule has 3 heterocycles. The van der Waals surface area contributed by atoms with Crippen molar-refractivity contribution in [1.29, 1.82) is 0 Å². The van der Waals surface area contributed by atoms with E-state index in [1.165, 1.54) is 47.1 Å². The van der Waals surface area contributed by atoms with Gasteiger partial charge in [0.1, 0.15) is 16.9 Å². The molecule has 8 nitrogen and oxygen atoms in total. The molecule has 0 saturated carbocycles. The average molecular weight is 374 g/mol. The summed E-state index contributed by atoms with van der Waals surface area (Å²) in [7, 11) is 1.35. The van der Waals surface area contributed by atoms with Crippen LogP contribution in [-0.2, 0) is 14.3 Å². The van der Waals surface area contributed by atoms with Crippen molar-refractivity contribution in [3.05, 3.63) is 17.1 Å². The maximum Gasteiger partial charge on any atom is 0.352 e. The van der Waals surface area contributed by atoms with Gasteiger partial charge in [0.05, 0.1) is 0 Å². The molecule has 2 aliphatic rings. The van der Waals surface area contributed by atoms with Crippen molar-refractivity contribution >= 4 is 46.9 Å². The van der Waals surface area contributed by atoms with Crippen LogP contribution in [0.5, 0.6) is 0 Å². The number of nitrogens with zero attached hydrogens (tertiary/aromatic N) is 3. The fraction of sp³-hybridized carbons (Fsp3) is 0.500. The van der Waals surface area contributed by atoms with Crippen LogP contribution < -0.4 is 5.73 Å². The van der Waals surface area contributed by atoms with Crippen molar-refractivity contribution in [1.82, 2.24) is 14.3 Å². The van der Waals surface area contributed by atoms with Crippen LogP contribution in [0, 0.1) is 6.92 Å². The van der Waals surface area contributed by atoms with Crippen LogP contribution in [0.1, 0.15) is 5.82 Å². The van der Waals surface area contributed by atoms with Crippen LogP contribution in [0.4, 0.5) is 0 Å². The largest absolute Gasteiger partial charge is 0.477 e. The summed E-state index contributed by atoms with van der Waals surface area (Å²) in [6, 6.07) is 0. The molecule has 1 fully saturated rings. The number of carbonyl (C=O) groups is 2. The monoisotopic (exact) mass is 374 g/mol. The third-order valence-corrected chi connectivity index (χ3v) is 6.97. The number of β-lactam (4-membered cyclic amide) rings is 1. The second-order valence-corrected chi connectivity index (χ2v) is 8.03. The zero-order chi connectivity index (χ0) is 16.8. The zero-order valence-electron chi connectivity index (χ0n) is 12.3. The first-order chi connectivity index (χ1) is 10.9. The van der Waals surface area contributed by atoms with Crippen molar-refractivity contribution in [2.24, 2.45) is 5.73 Å². The Balaban J connectivity index is 1.83. The van der Waals surface area contributed by atoms with Crippen LogP contribution in [-0.4, -0.2) is 61.0 Å². The molecule has 11 heteroatoms. The Morgan fingerprint density at radius 3 is 2.96 bits per heavy atom. The molecule has 1 aromatic rings. The fourth-order valence-corrected chi connectivity index (χ4v) is 5.58. The number of hydrogen-bond acceptors (Lipinski definition) is 9. The number of thioether (sulfide) groups is 2. The molecule has 0 bridgehead atoms. The van der Waals surface area contributed by atoms with Crippen molar-refractivity contribution in [3.8, 4) is 0 Å². The highest BCUT2D eigenvalue weighted by Crippen LogP contribution is 2.45. The number of aromatic nitrogens is 2. The molecule has 0 aliphatic carbocycles. The van der Waals surface area contributed by atoms with Crippen LogP contribution in [0.2, 0.25) is 0 Å². The van der Waals surface area contributed by atoms with Crippen molar-refractivity contribution in [2.75, 3.05) is 18.6 Å². The maximum absolute atomic E-state index is 12.2. The zero-order valence-corrected chi connectivity index (χ0v) is 14.8. The summed E-state index contributed by atoms with van der Waals surface area (Å²) in [4.78, 5) is 29.3. The number of fused-ring (bicyclic) bond motifs is 1. The van der Waals surface area contributed by atoms with Gasteiger partial charge in [0.25, 0.3) is 5.91 Å². The number of ether oxygens (including phenoxy) is 1. The summed E-state index contributed by atoms with van der Waals surface area (Å²) in [5, 5.41) is 9.00. The van der Waals surface area contributed by atoms with Gasteiger partial charge in [-0.25, -0.2) is 9.78 Å². The van der Waals surface area contributed by atoms with E-state index in [0.717, 1.165) is 4.34 Å². The molecule has 2 atom stereocenters. The lowest BCUT2D eigenvalue weighted by Gasteiger charge is -2.54. The van der Waals surface area contributed by atoms with E-state index in [1.807, 2.05) is 0 Å². The first-order valence-electron chi connectivity index (χ1n) is 6.56. The molecule has 1 saturated heterocycles. The van der Waals surface area contributed by atoms with Crippen LogP contribution in [0.25, 0.3) is 0 Å². The second kappa shape index (κ2) is 6.06. The van der Waals surface area contributed by atoms with E-state index in [0.29, 0.717) is 22.9 Å². The summed E-state index contributed by atoms with van der Waals surface area (Å²) in [5.74, 6) is -0.0586. The number of aryl methyl sites for hydroxylation is 1. The summed E-state index contributed by atoms with van der Waals surface area (Å²) in [5.41, 5.74) is 5.13. The van der Waals surface area contributed by atoms with Crippen LogP contribution in [0.3, 0.4) is 0 Å². The lowest BCUT2D eigenvalue weighted by atomic mass is 10.00. The SMILES string of the molecule is COC1(N)C(=O)N2C(C(=O)O)=C(CSc3nc(C)ns3)CSC21. The summed E-state index contributed by atoms with van der Waals surface area (Å²) < 4.78 is 9.94. The first-order valence-corrected chi connectivity index (χ1v) is 9.37. The van der Waals surface area contributed by atoms with Crippen molar-refractivity contribution in [2.45, 2.75) is 22.4 Å². The lowest BCUT2D eigenvalue weighted by molar-refractivity contribution is -0.182. The Morgan fingerprint density at radius 1 is 1.65 bits per heavy atom. The number of carbonyl (C=O) groups excluding carboxylic acids is 1. The number of methoxy groups -OCH3 is 1. The molecule has 23 heavy (non-hydrogen) atoms. The van der Waals surface area contributed by atoms with Gasteiger partial charge < -0.3 is 9.84 Å². The van der Waals surface area contributed by atoms with Gasteiger partial charge >= 0.3 is 5.97 Å². The van der Waals surface area contributed by atoms with Gasteiger partial charge in [0.2, 0.25) is 5.72 Å². The molecule has 0 radical (unpaired) electrons. The number of hydrogen-bond donors (Lipinski definition) is 2. The second-order valence-electron chi connectivity index (χ2n) is 4.99. The van der Waals surface area contributed by atoms with E-state index < -0.39 is 23.0 Å². The predicted octanol–water partition coefficient (Wildman–Crippen LogP) is 0.494. The van der Waals surface area contributed by atoms with Gasteiger partial charge in [-0.15, -0.1) is 11.8 Å². The first kappa shape index (κ1) is 16.7. The normalized spacial score (nSPS) is 27.0. The van der Waals surface area contributed by atoms with E-state index in [4.69, 9.17) is 10.5 Å². The molecule has 3 rings (SSSR count). The van der Waals surface area contributed by atoms with E-state index in [2.05, 4.69) is 9.36 Å². The summed E-state index contributed by atoms with van der Waals surface area (Å²) in [6.45, 7) is 1.80. The smallest absolute Gasteiger partial charge is 0.352 e. The summed E-state index contributed by atoms with van der Waals surface area (Å²) in [6.07, 6.45) is 0. The third kappa shape index (κ3) is 2.66. The number of rotatable bonds is 5. The van der Waals surface area contributed by atoms with Crippen molar-refractivity contribution in [3.63, 3.8) is 0 Å². The minimum Gasteiger partial charge on any atom is -0.477 e. The molecule has 3 N–H and O–H groups in total. The van der Waals surface area contributed by atoms with Gasteiger partial charge in [-0.3, -0.25) is 15.4 Å². The Hall–Kier alpha value is -1.14. The highest BCUT2D eigenvalue weighted by Gasteiger charge is 2.63. The van der Waals surface area contributed by atoms with E-state index in [-0.39, 0.29) is 5.70 Å². The van der Waals surface area contributed by atoms with E-state index >= 15 is 0 Å². The average Bonchev–Trinajstić information content (AvgIpc) is 2.95. The number of amides is 1. The molecule has 1 aromatic heterocycles. The highest BCUT2D eigenvalue weighted by atomic mass is 32.2. The standard InChI is InChI=1S/C12H14N4O4S3/c1-5-14-11(23-15-5)22-4-6-3-21-10-12(13,20-2)9(19)16(10)7(6)8(17)18/h10H,3-4,13H2,1-2H3,(H,17,18). The highest BCUT2D eigenvalue weighted by molar-refractivity contribution is 8.01. The molecule has 2 aliphatic heterocycles. The molecule has 124 valence electrons. The van der Waals surface area contributed by atoms with Crippen LogP contribution in [0.15, 0.2) is 15.6 Å². The van der Waals surface area contributed by atoms with Crippen LogP contribution >= 0.6 is 35.1 Å². The van der Waals surface area contributed by atoms with Gasteiger partial charge in [-0.1, -0.05) is 11.8 Å². The maximum atomic E-state index is 12.2. The Labute approximate surface area is 144 Å². The minimum atomic E-state index is -1.44. The molecular formula is C12H14N4O4S3. The van der Waals surface area contributed by atoms with Gasteiger partial charge in [0, 0.05) is 18.6 Å². The molecule has 1 amide bonds. The Bertz CT molecular complexity index is 706. The quantitative estimate of drug-likeness (QED) is 0.431. The molecule has 0 spiro atoms. The minimum absolute atomic E-state index is 0.00520. The van der Waals surface area contributed by atoms with Gasteiger partial charge in [-0.05, 0) is 24.0 Å². The van der Waals surface area contributed by atoms with E-state index in [9.17, 15) is 14.7 Å². The molecule has 2 unspecified atom stereocenters. The third-order valence-electron chi connectivity index (χ3n) is 3.56.